The van der Waals surface area contributed by atoms with Gasteiger partial charge in [-0.05, 0) is 35.9 Å². The lowest BCUT2D eigenvalue weighted by Gasteiger charge is -2.19. The number of hydrazine groups is 1. The van der Waals surface area contributed by atoms with Crippen molar-refractivity contribution < 1.29 is 9.53 Å². The zero-order valence-corrected chi connectivity index (χ0v) is 15.6. The Hall–Kier alpha value is -3.23. The van der Waals surface area contributed by atoms with Gasteiger partial charge in [-0.25, -0.2) is 10.4 Å². The molecule has 0 saturated carbocycles. The Morgan fingerprint density at radius 2 is 2.04 bits per heavy atom. The lowest BCUT2D eigenvalue weighted by atomic mass is 9.94. The molecule has 1 fully saturated rings. The van der Waals surface area contributed by atoms with E-state index in [-0.39, 0.29) is 23.4 Å². The summed E-state index contributed by atoms with van der Waals surface area (Å²) in [5, 5.41) is 3.40. The molecule has 1 amide bonds. The third-order valence-electron chi connectivity index (χ3n) is 4.98. The number of amides is 1. The molecule has 2 atom stereocenters. The van der Waals surface area contributed by atoms with E-state index in [0.717, 1.165) is 11.3 Å². The number of fused-ring (bicyclic) bond motifs is 1. The van der Waals surface area contributed by atoms with Gasteiger partial charge in [-0.1, -0.05) is 12.1 Å². The molecular weight excluding hydrogens is 358 g/mol. The molecule has 0 spiro atoms. The quantitative estimate of drug-likeness (QED) is 0.633. The minimum Gasteiger partial charge on any atom is -0.497 e. The van der Waals surface area contributed by atoms with E-state index in [9.17, 15) is 9.59 Å². The van der Waals surface area contributed by atoms with Gasteiger partial charge in [0.15, 0.2) is 0 Å². The molecule has 144 valence electrons. The molecule has 1 aliphatic heterocycles. The van der Waals surface area contributed by atoms with Crippen LogP contribution in [0.3, 0.4) is 0 Å². The topological polar surface area (TPSA) is 97.3 Å². The van der Waals surface area contributed by atoms with Crippen molar-refractivity contribution in [2.24, 2.45) is 13.0 Å². The molecule has 2 unspecified atom stereocenters. The highest BCUT2D eigenvalue weighted by Crippen LogP contribution is 2.28. The van der Waals surface area contributed by atoms with Crippen molar-refractivity contribution in [3.8, 4) is 5.75 Å². The van der Waals surface area contributed by atoms with E-state index in [1.165, 1.54) is 10.9 Å². The highest BCUT2D eigenvalue weighted by Gasteiger charge is 2.34. The molecular formula is C20H21N5O3. The van der Waals surface area contributed by atoms with Crippen molar-refractivity contribution in [2.75, 3.05) is 19.0 Å². The Morgan fingerprint density at radius 3 is 2.79 bits per heavy atom. The first-order chi connectivity index (χ1) is 13.6. The monoisotopic (exact) mass is 379 g/mol. The Labute approximate surface area is 161 Å². The van der Waals surface area contributed by atoms with Gasteiger partial charge in [-0.15, -0.1) is 0 Å². The smallest absolute Gasteiger partial charge is 0.260 e. The molecule has 0 bridgehead atoms. The van der Waals surface area contributed by atoms with Gasteiger partial charge in [0, 0.05) is 19.3 Å². The average Bonchev–Trinajstić information content (AvgIpc) is 3.21. The number of anilines is 1. The van der Waals surface area contributed by atoms with Crippen molar-refractivity contribution in [2.45, 2.75) is 6.04 Å². The molecule has 1 saturated heterocycles. The van der Waals surface area contributed by atoms with Crippen LogP contribution in [-0.4, -0.2) is 29.1 Å². The lowest BCUT2D eigenvalue weighted by Crippen LogP contribution is -2.29. The Morgan fingerprint density at radius 1 is 1.25 bits per heavy atom. The number of hydrogen-bond acceptors (Lipinski definition) is 6. The number of methoxy groups -OCH3 is 1. The van der Waals surface area contributed by atoms with E-state index in [0.29, 0.717) is 23.1 Å². The number of ether oxygens (including phenoxy) is 1. The molecule has 28 heavy (non-hydrogen) atoms. The van der Waals surface area contributed by atoms with Crippen molar-refractivity contribution in [1.29, 1.82) is 0 Å². The number of carbonyl (C=O) groups excluding carboxylic acids is 1. The number of benzene rings is 2. The molecule has 1 aliphatic rings. The van der Waals surface area contributed by atoms with Crippen LogP contribution in [0.5, 0.6) is 5.75 Å². The van der Waals surface area contributed by atoms with E-state index in [1.807, 2.05) is 24.3 Å². The Balaban J connectivity index is 1.56. The number of nitrogens with one attached hydrogen (secondary N) is 3. The van der Waals surface area contributed by atoms with Gasteiger partial charge in [0.1, 0.15) is 5.75 Å². The second kappa shape index (κ2) is 7.41. The second-order valence-corrected chi connectivity index (χ2v) is 6.76. The van der Waals surface area contributed by atoms with Gasteiger partial charge in [0.2, 0.25) is 5.91 Å². The number of nitrogens with zero attached hydrogens (tertiary/aromatic N) is 2. The largest absolute Gasteiger partial charge is 0.497 e. The van der Waals surface area contributed by atoms with Gasteiger partial charge in [0.05, 0.1) is 36.3 Å². The SMILES string of the molecule is COc1ccc(C2NNCC2C(=O)Nc2ccc3ncn(C)c(=O)c3c2)cc1. The maximum absolute atomic E-state index is 12.9. The van der Waals surface area contributed by atoms with Crippen LogP contribution in [0.4, 0.5) is 5.69 Å². The number of aromatic nitrogens is 2. The molecule has 4 rings (SSSR count). The Kier molecular flexibility index (Phi) is 4.81. The van der Waals surface area contributed by atoms with Crippen LogP contribution in [0.1, 0.15) is 11.6 Å². The lowest BCUT2D eigenvalue weighted by molar-refractivity contribution is -0.119. The summed E-state index contributed by atoms with van der Waals surface area (Å²) >= 11 is 0. The molecule has 2 heterocycles. The van der Waals surface area contributed by atoms with Crippen molar-refractivity contribution >= 4 is 22.5 Å². The highest BCUT2D eigenvalue weighted by molar-refractivity contribution is 5.95. The fraction of sp³-hybridized carbons (Fsp3) is 0.250. The summed E-state index contributed by atoms with van der Waals surface area (Å²) in [6.07, 6.45) is 1.48. The van der Waals surface area contributed by atoms with Crippen molar-refractivity contribution in [3.63, 3.8) is 0 Å². The maximum atomic E-state index is 12.9. The summed E-state index contributed by atoms with van der Waals surface area (Å²) in [5.74, 6) is 0.335. The van der Waals surface area contributed by atoms with Crippen LogP contribution >= 0.6 is 0 Å². The van der Waals surface area contributed by atoms with Gasteiger partial charge in [-0.2, -0.15) is 0 Å². The fourth-order valence-corrected chi connectivity index (χ4v) is 3.39. The summed E-state index contributed by atoms with van der Waals surface area (Å²) in [6, 6.07) is 12.6. The number of carbonyl (C=O) groups is 1. The predicted molar refractivity (Wildman–Crippen MR) is 106 cm³/mol. The van der Waals surface area contributed by atoms with E-state index in [4.69, 9.17) is 4.74 Å². The number of aryl methyl sites for hydroxylation is 1. The van der Waals surface area contributed by atoms with Crippen LogP contribution in [0, 0.1) is 5.92 Å². The van der Waals surface area contributed by atoms with Gasteiger partial charge >= 0.3 is 0 Å². The van der Waals surface area contributed by atoms with Crippen LogP contribution in [-0.2, 0) is 11.8 Å². The third-order valence-corrected chi connectivity index (χ3v) is 4.98. The first-order valence-corrected chi connectivity index (χ1v) is 8.95. The molecule has 8 nitrogen and oxygen atoms in total. The van der Waals surface area contributed by atoms with Crippen molar-refractivity contribution in [1.82, 2.24) is 20.4 Å². The normalized spacial score (nSPS) is 18.9. The van der Waals surface area contributed by atoms with Crippen LogP contribution in [0.15, 0.2) is 53.6 Å². The predicted octanol–water partition coefficient (Wildman–Crippen LogP) is 1.35. The van der Waals surface area contributed by atoms with E-state index in [2.05, 4.69) is 21.2 Å². The molecule has 3 N–H and O–H groups in total. The van der Waals surface area contributed by atoms with Crippen LogP contribution < -0.4 is 26.5 Å². The van der Waals surface area contributed by atoms with E-state index >= 15 is 0 Å². The number of hydrogen-bond donors (Lipinski definition) is 3. The van der Waals surface area contributed by atoms with Crippen molar-refractivity contribution in [3.05, 3.63) is 64.7 Å². The van der Waals surface area contributed by atoms with Gasteiger partial charge in [-0.3, -0.25) is 15.0 Å². The molecule has 0 aliphatic carbocycles. The summed E-state index contributed by atoms with van der Waals surface area (Å²) in [7, 11) is 3.27. The molecule has 1 aromatic heterocycles. The first kappa shape index (κ1) is 18.1. The van der Waals surface area contributed by atoms with Crippen LogP contribution in [0.25, 0.3) is 10.9 Å². The zero-order valence-electron chi connectivity index (χ0n) is 15.6. The molecule has 3 aromatic rings. The highest BCUT2D eigenvalue weighted by atomic mass is 16.5. The van der Waals surface area contributed by atoms with E-state index in [1.54, 1.807) is 32.4 Å². The van der Waals surface area contributed by atoms with Gasteiger partial charge < -0.3 is 14.6 Å². The maximum Gasteiger partial charge on any atom is 0.260 e. The molecule has 8 heteroatoms. The first-order valence-electron chi connectivity index (χ1n) is 8.95. The van der Waals surface area contributed by atoms with Gasteiger partial charge in [0.25, 0.3) is 5.56 Å². The Bertz CT molecular complexity index is 1080. The second-order valence-electron chi connectivity index (χ2n) is 6.76. The average molecular weight is 379 g/mol. The summed E-state index contributed by atoms with van der Waals surface area (Å²) in [5.41, 5.74) is 8.22. The number of rotatable bonds is 4. The third kappa shape index (κ3) is 3.35. The zero-order chi connectivity index (χ0) is 19.7. The van der Waals surface area contributed by atoms with E-state index < -0.39 is 0 Å². The molecule has 2 aromatic carbocycles. The summed E-state index contributed by atoms with van der Waals surface area (Å²) < 4.78 is 6.61. The standard InChI is InChI=1S/C20H21N5O3/c1-25-11-21-17-8-5-13(9-15(17)20(25)27)23-19(26)16-10-22-24-18(16)12-3-6-14(28-2)7-4-12/h3-9,11,16,18,22,24H,10H2,1-2H3,(H,23,26). The summed E-state index contributed by atoms with van der Waals surface area (Å²) in [6.45, 7) is 0.499. The fourth-order valence-electron chi connectivity index (χ4n) is 3.39. The molecule has 0 radical (unpaired) electrons. The summed E-state index contributed by atoms with van der Waals surface area (Å²) in [4.78, 5) is 29.4. The minimum atomic E-state index is -0.305. The van der Waals surface area contributed by atoms with Crippen LogP contribution in [0.2, 0.25) is 0 Å². The minimum absolute atomic E-state index is 0.126.